The van der Waals surface area contributed by atoms with Crippen LogP contribution in [0.15, 0.2) is 60.7 Å². The average Bonchev–Trinajstić information content (AvgIpc) is 2.81. The Morgan fingerprint density at radius 2 is 1.80 bits per heavy atom. The molecule has 0 radical (unpaired) electrons. The number of ether oxygens (including phenoxy) is 1. The topological polar surface area (TPSA) is 58.6 Å². The van der Waals surface area contributed by atoms with Crippen LogP contribution in [0.5, 0.6) is 5.75 Å². The molecule has 0 aliphatic carbocycles. The lowest BCUT2D eigenvalue weighted by Crippen LogP contribution is -2.49. The molecule has 1 aliphatic heterocycles. The summed E-state index contributed by atoms with van der Waals surface area (Å²) in [6.45, 7) is 2.48. The van der Waals surface area contributed by atoms with Crippen molar-refractivity contribution in [2.24, 2.45) is 0 Å². The molecular formula is C23H23FN4O2. The molecule has 0 saturated carbocycles. The fourth-order valence-corrected chi connectivity index (χ4v) is 3.53. The molecule has 7 heteroatoms. The van der Waals surface area contributed by atoms with Crippen LogP contribution in [0, 0.1) is 5.82 Å². The van der Waals surface area contributed by atoms with Gasteiger partial charge >= 0.3 is 0 Å². The van der Waals surface area contributed by atoms with Crippen molar-refractivity contribution in [3.63, 3.8) is 0 Å². The van der Waals surface area contributed by atoms with E-state index in [1.165, 1.54) is 6.07 Å². The number of carbonyl (C=O) groups is 1. The molecule has 0 unspecified atom stereocenters. The molecule has 0 N–H and O–H groups in total. The number of piperazine rings is 1. The van der Waals surface area contributed by atoms with Crippen LogP contribution < -0.4 is 9.64 Å². The second kappa shape index (κ2) is 8.90. The fraction of sp³-hybridized carbons (Fsp3) is 0.261. The van der Waals surface area contributed by atoms with Crippen molar-refractivity contribution >= 4 is 11.7 Å². The molecule has 4 rings (SSSR count). The van der Waals surface area contributed by atoms with Gasteiger partial charge in [0.1, 0.15) is 11.6 Å². The highest BCUT2D eigenvalue weighted by Gasteiger charge is 2.23. The highest BCUT2D eigenvalue weighted by molar-refractivity contribution is 5.79. The van der Waals surface area contributed by atoms with Crippen LogP contribution in [0.2, 0.25) is 0 Å². The first-order valence-corrected chi connectivity index (χ1v) is 9.88. The van der Waals surface area contributed by atoms with E-state index in [2.05, 4.69) is 15.1 Å². The van der Waals surface area contributed by atoms with Gasteiger partial charge in [0.2, 0.25) is 5.91 Å². The molecule has 154 valence electrons. The molecule has 1 aliphatic rings. The summed E-state index contributed by atoms with van der Waals surface area (Å²) in [6, 6.07) is 18.0. The van der Waals surface area contributed by atoms with E-state index in [4.69, 9.17) is 4.74 Å². The van der Waals surface area contributed by atoms with Gasteiger partial charge in [-0.2, -0.15) is 0 Å². The first kappa shape index (κ1) is 19.8. The van der Waals surface area contributed by atoms with E-state index in [0.29, 0.717) is 31.7 Å². The van der Waals surface area contributed by atoms with Crippen molar-refractivity contribution < 1.29 is 13.9 Å². The van der Waals surface area contributed by atoms with Crippen LogP contribution >= 0.6 is 0 Å². The van der Waals surface area contributed by atoms with Crippen LogP contribution in [0.1, 0.15) is 5.56 Å². The normalized spacial score (nSPS) is 13.9. The number of anilines is 1. The van der Waals surface area contributed by atoms with E-state index in [0.717, 1.165) is 22.8 Å². The van der Waals surface area contributed by atoms with Gasteiger partial charge in [0.05, 0.1) is 19.2 Å². The number of benzene rings is 2. The number of hydrogen-bond acceptors (Lipinski definition) is 5. The molecule has 2 aromatic carbocycles. The van der Waals surface area contributed by atoms with Gasteiger partial charge in [0, 0.05) is 31.7 Å². The minimum absolute atomic E-state index is 0.0563. The van der Waals surface area contributed by atoms with Crippen molar-refractivity contribution in [2.75, 3.05) is 38.2 Å². The molecule has 3 aromatic rings. The van der Waals surface area contributed by atoms with Gasteiger partial charge < -0.3 is 14.5 Å². The lowest BCUT2D eigenvalue weighted by Gasteiger charge is -2.35. The lowest BCUT2D eigenvalue weighted by molar-refractivity contribution is -0.130. The summed E-state index contributed by atoms with van der Waals surface area (Å²) in [7, 11) is 1.63. The van der Waals surface area contributed by atoms with Gasteiger partial charge in [0.15, 0.2) is 5.82 Å². The fourth-order valence-electron chi connectivity index (χ4n) is 3.53. The Balaban J connectivity index is 1.36. The second-order valence-electron chi connectivity index (χ2n) is 7.14. The van der Waals surface area contributed by atoms with Gasteiger partial charge in [-0.05, 0) is 35.9 Å². The van der Waals surface area contributed by atoms with Crippen molar-refractivity contribution in [1.29, 1.82) is 0 Å². The molecule has 2 heterocycles. The van der Waals surface area contributed by atoms with Crippen LogP contribution in [0.25, 0.3) is 11.3 Å². The summed E-state index contributed by atoms with van der Waals surface area (Å²) in [4.78, 5) is 16.4. The number of hydrogen-bond donors (Lipinski definition) is 0. The van der Waals surface area contributed by atoms with Gasteiger partial charge in [0.25, 0.3) is 0 Å². The maximum Gasteiger partial charge on any atom is 0.227 e. The zero-order chi connectivity index (χ0) is 20.9. The van der Waals surface area contributed by atoms with E-state index in [1.807, 2.05) is 36.4 Å². The summed E-state index contributed by atoms with van der Waals surface area (Å²) in [6.07, 6.45) is 0.0850. The van der Waals surface area contributed by atoms with Gasteiger partial charge in [-0.25, -0.2) is 4.39 Å². The van der Waals surface area contributed by atoms with E-state index >= 15 is 0 Å². The number of halogens is 1. The summed E-state index contributed by atoms with van der Waals surface area (Å²) < 4.78 is 19.1. The molecule has 6 nitrogen and oxygen atoms in total. The number of amides is 1. The standard InChI is InChI=1S/C23H23FN4O2/c1-30-19-7-4-6-18(15-19)21-9-10-22(26-25-21)27-11-13-28(14-12-27)23(29)16-17-5-2-3-8-20(17)24/h2-10,15H,11-14,16H2,1H3. The first-order chi connectivity index (χ1) is 14.6. The third-order valence-corrected chi connectivity index (χ3v) is 5.27. The van der Waals surface area contributed by atoms with Crippen LogP contribution in [-0.2, 0) is 11.2 Å². The number of rotatable bonds is 5. The van der Waals surface area contributed by atoms with E-state index < -0.39 is 0 Å². The van der Waals surface area contributed by atoms with E-state index in [9.17, 15) is 9.18 Å². The highest BCUT2D eigenvalue weighted by atomic mass is 19.1. The van der Waals surface area contributed by atoms with Gasteiger partial charge in [-0.1, -0.05) is 30.3 Å². The third-order valence-electron chi connectivity index (χ3n) is 5.27. The molecule has 30 heavy (non-hydrogen) atoms. The van der Waals surface area contributed by atoms with E-state index in [-0.39, 0.29) is 18.1 Å². The maximum atomic E-state index is 13.8. The number of carbonyl (C=O) groups excluding carboxylic acids is 1. The molecule has 1 saturated heterocycles. The highest BCUT2D eigenvalue weighted by Crippen LogP contribution is 2.23. The van der Waals surface area contributed by atoms with Crippen LogP contribution in [0.4, 0.5) is 10.2 Å². The SMILES string of the molecule is COc1cccc(-c2ccc(N3CCN(C(=O)Cc4ccccc4F)CC3)nn2)c1. The zero-order valence-corrected chi connectivity index (χ0v) is 16.8. The molecule has 1 amide bonds. The Labute approximate surface area is 174 Å². The smallest absolute Gasteiger partial charge is 0.227 e. The maximum absolute atomic E-state index is 13.8. The monoisotopic (exact) mass is 406 g/mol. The molecule has 0 atom stereocenters. The first-order valence-electron chi connectivity index (χ1n) is 9.88. The summed E-state index contributed by atoms with van der Waals surface area (Å²) >= 11 is 0. The van der Waals surface area contributed by atoms with E-state index in [1.54, 1.807) is 30.2 Å². The number of nitrogens with zero attached hydrogens (tertiary/aromatic N) is 4. The Hall–Kier alpha value is -3.48. The summed E-state index contributed by atoms with van der Waals surface area (Å²) in [5.74, 6) is 1.16. The predicted molar refractivity (Wildman–Crippen MR) is 113 cm³/mol. The number of aromatic nitrogens is 2. The largest absolute Gasteiger partial charge is 0.497 e. The number of methoxy groups -OCH3 is 1. The summed E-state index contributed by atoms with van der Waals surface area (Å²) in [5, 5.41) is 8.72. The Bertz CT molecular complexity index is 1020. The van der Waals surface area contributed by atoms with Crippen LogP contribution in [0.3, 0.4) is 0 Å². The summed E-state index contributed by atoms with van der Waals surface area (Å²) in [5.41, 5.74) is 2.15. The molecule has 0 bridgehead atoms. The minimum atomic E-state index is -0.337. The Morgan fingerprint density at radius 1 is 1.00 bits per heavy atom. The molecule has 1 aromatic heterocycles. The predicted octanol–water partition coefficient (Wildman–Crippen LogP) is 3.18. The average molecular weight is 406 g/mol. The third kappa shape index (κ3) is 4.40. The molecule has 1 fully saturated rings. The van der Waals surface area contributed by atoms with Crippen LogP contribution in [-0.4, -0.2) is 54.3 Å². The van der Waals surface area contributed by atoms with Gasteiger partial charge in [-0.3, -0.25) is 4.79 Å². The van der Waals surface area contributed by atoms with Crippen molar-refractivity contribution in [3.05, 3.63) is 72.0 Å². The lowest BCUT2D eigenvalue weighted by atomic mass is 10.1. The molecule has 0 spiro atoms. The Kier molecular flexibility index (Phi) is 5.88. The molecular weight excluding hydrogens is 383 g/mol. The van der Waals surface area contributed by atoms with Crippen molar-refractivity contribution in [2.45, 2.75) is 6.42 Å². The second-order valence-corrected chi connectivity index (χ2v) is 7.14. The quantitative estimate of drug-likeness (QED) is 0.651. The van der Waals surface area contributed by atoms with Crippen molar-refractivity contribution in [1.82, 2.24) is 15.1 Å². The zero-order valence-electron chi connectivity index (χ0n) is 16.8. The Morgan fingerprint density at radius 3 is 2.50 bits per heavy atom. The van der Waals surface area contributed by atoms with Crippen molar-refractivity contribution in [3.8, 4) is 17.0 Å². The van der Waals surface area contributed by atoms with Gasteiger partial charge in [-0.15, -0.1) is 10.2 Å². The minimum Gasteiger partial charge on any atom is -0.497 e.